The van der Waals surface area contributed by atoms with Crippen molar-refractivity contribution in [2.75, 3.05) is 19.7 Å². The second kappa shape index (κ2) is 24.0. The lowest BCUT2D eigenvalue weighted by molar-refractivity contribution is 0.0255. The third kappa shape index (κ3) is 19.1. The van der Waals surface area contributed by atoms with Crippen molar-refractivity contribution in [1.82, 2.24) is 5.32 Å². The van der Waals surface area contributed by atoms with Crippen LogP contribution in [0.25, 0.3) is 0 Å². The summed E-state index contributed by atoms with van der Waals surface area (Å²) >= 11 is 0. The van der Waals surface area contributed by atoms with Crippen LogP contribution in [0, 0.1) is 5.92 Å². The molecule has 1 aromatic rings. The Labute approximate surface area is 232 Å². The molecule has 0 spiro atoms. The molecule has 6 heteroatoms. The van der Waals surface area contributed by atoms with E-state index in [9.17, 15) is 9.59 Å². The van der Waals surface area contributed by atoms with E-state index in [1.807, 2.05) is 13.0 Å². The van der Waals surface area contributed by atoms with Crippen LogP contribution < -0.4 is 11.1 Å². The summed E-state index contributed by atoms with van der Waals surface area (Å²) in [6, 6.07) is 8.91. The first-order valence-corrected chi connectivity index (χ1v) is 15.4. The van der Waals surface area contributed by atoms with E-state index in [-0.39, 0.29) is 24.6 Å². The number of carbonyl (C=O) groups is 2. The largest absolute Gasteiger partial charge is 0.459 e. The maximum Gasteiger partial charge on any atom is 0.407 e. The Hall–Kier alpha value is -2.08. The highest BCUT2D eigenvalue weighted by molar-refractivity contribution is 5.89. The lowest BCUT2D eigenvalue weighted by Gasteiger charge is -2.20. The number of rotatable bonds is 24. The molecular formula is C32H56N2O4. The minimum atomic E-state index is -0.404. The highest BCUT2D eigenvalue weighted by Gasteiger charge is 2.18. The summed E-state index contributed by atoms with van der Waals surface area (Å²) in [7, 11) is 0. The fourth-order valence-corrected chi connectivity index (χ4v) is 4.68. The van der Waals surface area contributed by atoms with Crippen molar-refractivity contribution in [3.8, 4) is 0 Å². The minimum absolute atomic E-state index is 0.0603. The normalized spacial score (nSPS) is 12.6. The maximum atomic E-state index is 12.2. The van der Waals surface area contributed by atoms with Gasteiger partial charge in [0.15, 0.2) is 0 Å². The van der Waals surface area contributed by atoms with Gasteiger partial charge in [-0.1, -0.05) is 121 Å². The number of hydrogen-bond acceptors (Lipinski definition) is 5. The molecule has 0 saturated carbocycles. The second-order valence-electron chi connectivity index (χ2n) is 10.7. The first-order valence-electron chi connectivity index (χ1n) is 15.4. The van der Waals surface area contributed by atoms with Crippen LogP contribution in [0.5, 0.6) is 0 Å². The Kier molecular flexibility index (Phi) is 21.4. The molecule has 1 aromatic carbocycles. The summed E-state index contributed by atoms with van der Waals surface area (Å²) in [6.45, 7) is 5.32. The predicted molar refractivity (Wildman–Crippen MR) is 157 cm³/mol. The van der Waals surface area contributed by atoms with Crippen molar-refractivity contribution < 1.29 is 19.1 Å². The van der Waals surface area contributed by atoms with E-state index in [1.165, 1.54) is 89.9 Å². The summed E-state index contributed by atoms with van der Waals surface area (Å²) in [5, 5.41) is 2.83. The maximum absolute atomic E-state index is 12.2. The van der Waals surface area contributed by atoms with Gasteiger partial charge in [0, 0.05) is 12.5 Å². The van der Waals surface area contributed by atoms with E-state index in [0.717, 1.165) is 12.8 Å². The number of ether oxygens (including phenoxy) is 2. The smallest absolute Gasteiger partial charge is 0.407 e. The highest BCUT2D eigenvalue weighted by Crippen LogP contribution is 2.14. The summed E-state index contributed by atoms with van der Waals surface area (Å²) in [4.78, 5) is 24.2. The second-order valence-corrected chi connectivity index (χ2v) is 10.7. The standard InChI is InChI=1S/C32H56N2O4/c1-3-4-5-6-7-8-9-10-11-12-13-14-15-16-17-21-24-34-32(36)37-27-29(26-33)25-28(2)38-31(35)30-22-19-18-20-23-30/h18-20,22-23,28-29H,3-17,21,24-27,33H2,1-2H3,(H,34,36). The van der Waals surface area contributed by atoms with E-state index < -0.39 is 6.09 Å². The van der Waals surface area contributed by atoms with Gasteiger partial charge in [0.1, 0.15) is 0 Å². The molecule has 1 amide bonds. The van der Waals surface area contributed by atoms with E-state index in [2.05, 4.69) is 12.2 Å². The Balaban J connectivity index is 1.93. The molecule has 2 unspecified atom stereocenters. The summed E-state index contributed by atoms with van der Waals surface area (Å²) in [5.74, 6) is -0.416. The predicted octanol–water partition coefficient (Wildman–Crippen LogP) is 8.18. The zero-order chi connectivity index (χ0) is 27.7. The van der Waals surface area contributed by atoms with Crippen molar-refractivity contribution in [1.29, 1.82) is 0 Å². The molecule has 0 radical (unpaired) electrons. The molecule has 6 nitrogen and oxygen atoms in total. The van der Waals surface area contributed by atoms with Crippen molar-refractivity contribution in [2.24, 2.45) is 11.7 Å². The molecule has 0 fully saturated rings. The molecule has 0 aliphatic rings. The molecule has 218 valence electrons. The van der Waals surface area contributed by atoms with Gasteiger partial charge in [-0.25, -0.2) is 9.59 Å². The SMILES string of the molecule is CCCCCCCCCCCCCCCCCCNC(=O)OCC(CN)CC(C)OC(=O)c1ccccc1. The van der Waals surface area contributed by atoms with Crippen LogP contribution in [0.2, 0.25) is 0 Å². The number of alkyl carbamates (subject to hydrolysis) is 1. The number of hydrogen-bond donors (Lipinski definition) is 2. The lowest BCUT2D eigenvalue weighted by atomic mass is 10.0. The topological polar surface area (TPSA) is 90.7 Å². The molecule has 0 saturated heterocycles. The van der Waals surface area contributed by atoms with Gasteiger partial charge in [-0.15, -0.1) is 0 Å². The molecule has 38 heavy (non-hydrogen) atoms. The van der Waals surface area contributed by atoms with Crippen LogP contribution in [0.1, 0.15) is 133 Å². The van der Waals surface area contributed by atoms with Crippen LogP contribution in [0.4, 0.5) is 4.79 Å². The minimum Gasteiger partial charge on any atom is -0.459 e. The Morgan fingerprint density at radius 3 is 1.79 bits per heavy atom. The van der Waals surface area contributed by atoms with Gasteiger partial charge < -0.3 is 20.5 Å². The van der Waals surface area contributed by atoms with Crippen LogP contribution in [-0.2, 0) is 9.47 Å². The van der Waals surface area contributed by atoms with Gasteiger partial charge >= 0.3 is 12.1 Å². The van der Waals surface area contributed by atoms with Gasteiger partial charge in [0.2, 0.25) is 0 Å². The summed E-state index contributed by atoms with van der Waals surface area (Å²) < 4.78 is 10.8. The fourth-order valence-electron chi connectivity index (χ4n) is 4.68. The summed E-state index contributed by atoms with van der Waals surface area (Å²) in [5.41, 5.74) is 6.36. The van der Waals surface area contributed by atoms with Crippen molar-refractivity contribution in [3.63, 3.8) is 0 Å². The zero-order valence-corrected chi connectivity index (χ0v) is 24.4. The number of unbranched alkanes of at least 4 members (excludes halogenated alkanes) is 15. The van der Waals surface area contributed by atoms with Crippen molar-refractivity contribution in [2.45, 2.75) is 129 Å². The first kappa shape index (κ1) is 33.9. The molecule has 0 aliphatic carbocycles. The monoisotopic (exact) mass is 532 g/mol. The van der Waals surface area contributed by atoms with Crippen LogP contribution in [0.15, 0.2) is 30.3 Å². The van der Waals surface area contributed by atoms with E-state index in [1.54, 1.807) is 24.3 Å². The fraction of sp³-hybridized carbons (Fsp3) is 0.750. The Morgan fingerprint density at radius 2 is 1.29 bits per heavy atom. The number of benzene rings is 1. The van der Waals surface area contributed by atoms with E-state index in [4.69, 9.17) is 15.2 Å². The van der Waals surface area contributed by atoms with Gasteiger partial charge in [0.05, 0.1) is 18.3 Å². The van der Waals surface area contributed by atoms with Gasteiger partial charge in [-0.3, -0.25) is 0 Å². The quantitative estimate of drug-likeness (QED) is 0.103. The molecule has 0 bridgehead atoms. The van der Waals surface area contributed by atoms with Crippen LogP contribution in [0.3, 0.4) is 0 Å². The molecular weight excluding hydrogens is 476 g/mol. The lowest BCUT2D eigenvalue weighted by Crippen LogP contribution is -2.31. The molecule has 1 rings (SSSR count). The Morgan fingerprint density at radius 1 is 0.789 bits per heavy atom. The number of esters is 1. The van der Waals surface area contributed by atoms with Crippen LogP contribution >= 0.6 is 0 Å². The van der Waals surface area contributed by atoms with Crippen molar-refractivity contribution in [3.05, 3.63) is 35.9 Å². The van der Waals surface area contributed by atoms with Gasteiger partial charge in [-0.2, -0.15) is 0 Å². The highest BCUT2D eigenvalue weighted by atomic mass is 16.6. The zero-order valence-electron chi connectivity index (χ0n) is 24.4. The Bertz CT molecular complexity index is 698. The average molecular weight is 533 g/mol. The molecule has 3 N–H and O–H groups in total. The number of nitrogens with one attached hydrogen (secondary N) is 1. The molecule has 0 aliphatic heterocycles. The molecule has 0 aromatic heterocycles. The third-order valence-electron chi connectivity index (χ3n) is 7.07. The number of nitrogens with two attached hydrogens (primary N) is 1. The van der Waals surface area contributed by atoms with Gasteiger partial charge in [-0.05, 0) is 38.4 Å². The number of carbonyl (C=O) groups excluding carboxylic acids is 2. The van der Waals surface area contributed by atoms with E-state index in [0.29, 0.717) is 25.1 Å². The van der Waals surface area contributed by atoms with E-state index >= 15 is 0 Å². The van der Waals surface area contributed by atoms with Crippen molar-refractivity contribution >= 4 is 12.1 Å². The van der Waals surface area contributed by atoms with Crippen LogP contribution in [-0.4, -0.2) is 37.9 Å². The number of amides is 1. The van der Waals surface area contributed by atoms with Gasteiger partial charge in [0.25, 0.3) is 0 Å². The molecule has 0 heterocycles. The first-order chi connectivity index (χ1) is 18.6. The molecule has 2 atom stereocenters. The third-order valence-corrected chi connectivity index (χ3v) is 7.07. The average Bonchev–Trinajstić information content (AvgIpc) is 2.93. The summed E-state index contributed by atoms with van der Waals surface area (Å²) in [6.07, 6.45) is 21.1.